The van der Waals surface area contributed by atoms with E-state index in [2.05, 4.69) is 16.0 Å². The predicted octanol–water partition coefficient (Wildman–Crippen LogP) is 2.88. The molecule has 1 aromatic rings. The van der Waals surface area contributed by atoms with Crippen LogP contribution in [-0.2, 0) is 4.79 Å². The molecule has 0 spiro atoms. The van der Waals surface area contributed by atoms with E-state index in [9.17, 15) is 14.0 Å². The number of halogens is 1. The van der Waals surface area contributed by atoms with Crippen molar-refractivity contribution in [2.75, 3.05) is 6.54 Å². The average Bonchev–Trinajstić information content (AvgIpc) is 3.01. The minimum atomic E-state index is -0.434. The number of carbonyl (C=O) groups is 2. The van der Waals surface area contributed by atoms with Gasteiger partial charge < -0.3 is 10.6 Å². The van der Waals surface area contributed by atoms with Crippen LogP contribution in [0.2, 0.25) is 0 Å². The van der Waals surface area contributed by atoms with E-state index < -0.39 is 6.03 Å². The molecule has 1 saturated carbocycles. The summed E-state index contributed by atoms with van der Waals surface area (Å²) in [6, 6.07) is 5.87. The third-order valence-corrected chi connectivity index (χ3v) is 4.32. The van der Waals surface area contributed by atoms with Gasteiger partial charge in [-0.25, -0.2) is 9.18 Å². The molecule has 24 heavy (non-hydrogen) atoms. The fourth-order valence-corrected chi connectivity index (χ4v) is 3.07. The second-order valence-electron chi connectivity index (χ2n) is 6.66. The number of imide groups is 1. The number of carbonyl (C=O) groups excluding carboxylic acids is 2. The van der Waals surface area contributed by atoms with Crippen molar-refractivity contribution in [1.29, 1.82) is 0 Å². The fraction of sp³-hybridized carbons (Fsp3) is 0.556. The highest BCUT2D eigenvalue weighted by Gasteiger charge is 2.20. The number of nitrogens with one attached hydrogen (secondary N) is 3. The van der Waals surface area contributed by atoms with Crippen molar-refractivity contribution in [2.24, 2.45) is 5.92 Å². The van der Waals surface area contributed by atoms with E-state index in [-0.39, 0.29) is 36.3 Å². The number of urea groups is 1. The largest absolute Gasteiger partial charge is 0.335 e. The molecule has 5 nitrogen and oxygen atoms in total. The van der Waals surface area contributed by atoms with Gasteiger partial charge in [-0.1, -0.05) is 38.8 Å². The smallest absolute Gasteiger partial charge is 0.321 e. The Morgan fingerprint density at radius 3 is 2.38 bits per heavy atom. The van der Waals surface area contributed by atoms with E-state index in [0.717, 1.165) is 31.2 Å². The van der Waals surface area contributed by atoms with Gasteiger partial charge in [0, 0.05) is 12.1 Å². The van der Waals surface area contributed by atoms with Gasteiger partial charge in [-0.3, -0.25) is 10.1 Å². The first kappa shape index (κ1) is 18.4. The Labute approximate surface area is 142 Å². The van der Waals surface area contributed by atoms with Crippen LogP contribution in [0, 0.1) is 11.7 Å². The number of rotatable bonds is 6. The minimum absolute atomic E-state index is 0.0261. The summed E-state index contributed by atoms with van der Waals surface area (Å²) < 4.78 is 13.0. The second-order valence-corrected chi connectivity index (χ2v) is 6.66. The average molecular weight is 335 g/mol. The number of benzene rings is 1. The SMILES string of the molecule is CC(C)[C@H](NCC(=O)NC(=O)NC1CCCC1)c1ccc(F)cc1. The third-order valence-electron chi connectivity index (χ3n) is 4.32. The molecule has 6 heteroatoms. The zero-order valence-electron chi connectivity index (χ0n) is 14.3. The van der Waals surface area contributed by atoms with Crippen LogP contribution in [0.3, 0.4) is 0 Å². The van der Waals surface area contributed by atoms with E-state index >= 15 is 0 Å². The van der Waals surface area contributed by atoms with Crippen molar-refractivity contribution < 1.29 is 14.0 Å². The van der Waals surface area contributed by atoms with Crippen molar-refractivity contribution in [3.63, 3.8) is 0 Å². The lowest BCUT2D eigenvalue weighted by Crippen LogP contribution is -2.46. The Balaban J connectivity index is 1.81. The molecule has 0 bridgehead atoms. The molecular formula is C18H26FN3O2. The quantitative estimate of drug-likeness (QED) is 0.749. The number of amides is 3. The maximum atomic E-state index is 13.0. The molecular weight excluding hydrogens is 309 g/mol. The highest BCUT2D eigenvalue weighted by atomic mass is 19.1. The maximum Gasteiger partial charge on any atom is 0.321 e. The maximum absolute atomic E-state index is 13.0. The molecule has 1 aliphatic carbocycles. The second kappa shape index (κ2) is 8.78. The van der Waals surface area contributed by atoms with Gasteiger partial charge in [0.1, 0.15) is 5.82 Å². The summed E-state index contributed by atoms with van der Waals surface area (Å²) in [5.74, 6) is -0.448. The van der Waals surface area contributed by atoms with Crippen LogP contribution in [0.1, 0.15) is 51.1 Å². The summed E-state index contributed by atoms with van der Waals surface area (Å²) in [5, 5.41) is 8.31. The molecule has 0 unspecified atom stereocenters. The van der Waals surface area contributed by atoms with E-state index in [4.69, 9.17) is 0 Å². The Kier molecular flexibility index (Phi) is 6.73. The molecule has 0 aliphatic heterocycles. The molecule has 2 rings (SSSR count). The molecule has 3 N–H and O–H groups in total. The summed E-state index contributed by atoms with van der Waals surface area (Å²) >= 11 is 0. The molecule has 0 aromatic heterocycles. The van der Waals surface area contributed by atoms with Crippen LogP contribution in [0.15, 0.2) is 24.3 Å². The number of hydrogen-bond donors (Lipinski definition) is 3. The third kappa shape index (κ3) is 5.60. The summed E-state index contributed by atoms with van der Waals surface area (Å²) in [7, 11) is 0. The van der Waals surface area contributed by atoms with Crippen molar-refractivity contribution in [2.45, 2.75) is 51.6 Å². The van der Waals surface area contributed by atoms with E-state index in [1.54, 1.807) is 12.1 Å². The van der Waals surface area contributed by atoms with Gasteiger partial charge in [-0.2, -0.15) is 0 Å². The van der Waals surface area contributed by atoms with Crippen molar-refractivity contribution in [3.05, 3.63) is 35.6 Å². The van der Waals surface area contributed by atoms with E-state index in [1.165, 1.54) is 12.1 Å². The molecule has 0 radical (unpaired) electrons. The van der Waals surface area contributed by atoms with Gasteiger partial charge in [0.25, 0.3) is 0 Å². The van der Waals surface area contributed by atoms with E-state index in [0.29, 0.717) is 0 Å². The standard InChI is InChI=1S/C18H26FN3O2/c1-12(2)17(13-7-9-14(19)10-8-13)20-11-16(23)22-18(24)21-15-5-3-4-6-15/h7-10,12,15,17,20H,3-6,11H2,1-2H3,(H2,21,22,23,24)/t17-/m0/s1. The Morgan fingerprint density at radius 1 is 1.17 bits per heavy atom. The first-order valence-electron chi connectivity index (χ1n) is 8.55. The summed E-state index contributed by atoms with van der Waals surface area (Å²) in [6.07, 6.45) is 4.18. The predicted molar refractivity (Wildman–Crippen MR) is 90.9 cm³/mol. The van der Waals surface area contributed by atoms with Gasteiger partial charge in [-0.15, -0.1) is 0 Å². The Bertz CT molecular complexity index is 554. The van der Waals surface area contributed by atoms with Crippen LogP contribution in [0.25, 0.3) is 0 Å². The monoisotopic (exact) mass is 335 g/mol. The molecule has 0 heterocycles. The van der Waals surface area contributed by atoms with Gasteiger partial charge in [0.15, 0.2) is 0 Å². The van der Waals surface area contributed by atoms with E-state index in [1.807, 2.05) is 13.8 Å². The number of hydrogen-bond acceptors (Lipinski definition) is 3. The fourth-order valence-electron chi connectivity index (χ4n) is 3.07. The topological polar surface area (TPSA) is 70.2 Å². The van der Waals surface area contributed by atoms with Crippen molar-refractivity contribution in [1.82, 2.24) is 16.0 Å². The molecule has 1 fully saturated rings. The van der Waals surface area contributed by atoms with Gasteiger partial charge >= 0.3 is 6.03 Å². The first-order chi connectivity index (χ1) is 11.5. The molecule has 3 amide bonds. The molecule has 1 aliphatic rings. The normalized spacial score (nSPS) is 16.2. The lowest BCUT2D eigenvalue weighted by Gasteiger charge is -2.23. The summed E-state index contributed by atoms with van der Waals surface area (Å²) in [6.45, 7) is 4.07. The van der Waals surface area contributed by atoms with Crippen LogP contribution < -0.4 is 16.0 Å². The van der Waals surface area contributed by atoms with Gasteiger partial charge in [0.05, 0.1) is 6.54 Å². The van der Waals surface area contributed by atoms with Crippen LogP contribution in [0.4, 0.5) is 9.18 Å². The van der Waals surface area contributed by atoms with Crippen LogP contribution in [-0.4, -0.2) is 24.5 Å². The lowest BCUT2D eigenvalue weighted by atomic mass is 9.96. The van der Waals surface area contributed by atoms with Gasteiger partial charge in [-0.05, 0) is 36.5 Å². The highest BCUT2D eigenvalue weighted by molar-refractivity contribution is 5.95. The molecule has 1 atom stereocenters. The molecule has 1 aromatic carbocycles. The summed E-state index contributed by atoms with van der Waals surface area (Å²) in [5.41, 5.74) is 0.912. The highest BCUT2D eigenvalue weighted by Crippen LogP contribution is 2.21. The zero-order valence-corrected chi connectivity index (χ0v) is 14.3. The lowest BCUT2D eigenvalue weighted by molar-refractivity contribution is -0.119. The zero-order chi connectivity index (χ0) is 17.5. The Morgan fingerprint density at radius 2 is 1.79 bits per heavy atom. The van der Waals surface area contributed by atoms with Crippen LogP contribution >= 0.6 is 0 Å². The van der Waals surface area contributed by atoms with Gasteiger partial charge in [0.2, 0.25) is 5.91 Å². The Hall–Kier alpha value is -1.95. The first-order valence-corrected chi connectivity index (χ1v) is 8.55. The van der Waals surface area contributed by atoms with Crippen LogP contribution in [0.5, 0.6) is 0 Å². The van der Waals surface area contributed by atoms with Crippen molar-refractivity contribution >= 4 is 11.9 Å². The molecule has 132 valence electrons. The summed E-state index contributed by atoms with van der Waals surface area (Å²) in [4.78, 5) is 23.7. The minimum Gasteiger partial charge on any atom is -0.335 e. The molecule has 0 saturated heterocycles. The van der Waals surface area contributed by atoms with Crippen molar-refractivity contribution in [3.8, 4) is 0 Å².